The molecule has 6 nitrogen and oxygen atoms in total. The van der Waals surface area contributed by atoms with Crippen molar-refractivity contribution in [1.82, 2.24) is 19.1 Å². The van der Waals surface area contributed by atoms with Crippen LogP contribution in [0.25, 0.3) is 22.8 Å². The molecular weight excluding hydrogens is 331 g/mol. The zero-order chi connectivity index (χ0) is 16.8. The molecule has 0 amide bonds. The molecule has 6 rings (SSSR count). The van der Waals surface area contributed by atoms with Crippen molar-refractivity contribution < 1.29 is 8.68 Å². The van der Waals surface area contributed by atoms with Gasteiger partial charge in [-0.1, -0.05) is 0 Å². The topological polar surface area (TPSA) is 43.4 Å². The van der Waals surface area contributed by atoms with Crippen molar-refractivity contribution in [1.29, 1.82) is 0 Å². The van der Waals surface area contributed by atoms with E-state index >= 15 is 0 Å². The Labute approximate surface area is 145 Å². The first-order chi connectivity index (χ1) is 12.2. The van der Waals surface area contributed by atoms with E-state index in [4.69, 9.17) is 10.2 Å². The molecule has 0 unspecified atom stereocenters. The first-order valence-electron chi connectivity index (χ1n) is 8.38. The van der Waals surface area contributed by atoms with Crippen LogP contribution in [-0.2, 0) is 0 Å². The van der Waals surface area contributed by atoms with Crippen LogP contribution in [0.15, 0.2) is 60.9 Å². The van der Waals surface area contributed by atoms with Crippen LogP contribution in [0.4, 0.5) is 0 Å². The van der Waals surface area contributed by atoms with Crippen molar-refractivity contribution in [2.75, 3.05) is 0 Å². The summed E-state index contributed by atoms with van der Waals surface area (Å²) < 4.78 is 9.23. The van der Waals surface area contributed by atoms with Gasteiger partial charge < -0.3 is 0 Å². The quantitative estimate of drug-likeness (QED) is 0.395. The van der Waals surface area contributed by atoms with Gasteiger partial charge in [-0.05, 0) is 0 Å². The summed E-state index contributed by atoms with van der Waals surface area (Å²) in [7, 11) is -2.67. The van der Waals surface area contributed by atoms with Gasteiger partial charge in [0.25, 0.3) is 0 Å². The van der Waals surface area contributed by atoms with E-state index in [2.05, 4.69) is 92.4 Å². The van der Waals surface area contributed by atoms with Crippen LogP contribution < -0.4 is 8.68 Å². The van der Waals surface area contributed by atoms with E-state index in [0.717, 1.165) is 22.8 Å². The summed E-state index contributed by atoms with van der Waals surface area (Å²) >= 11 is 0. The van der Waals surface area contributed by atoms with Crippen molar-refractivity contribution >= 4 is 7.87 Å². The number of hydrogen-bond acceptors (Lipinski definition) is 2. The van der Waals surface area contributed by atoms with Crippen LogP contribution in [-0.4, -0.2) is 19.1 Å². The summed E-state index contributed by atoms with van der Waals surface area (Å²) in [5, 5.41) is 9.85. The summed E-state index contributed by atoms with van der Waals surface area (Å²) in [6, 6.07) is 17.1. The fraction of sp³-hybridized carbons (Fsp3) is 0.111. The SMILES string of the molecule is Cc1cc2n(n1)[PH]1(n3nc(C)cc3-c3cccc[n+]31)[n+]1ccccc1-2. The van der Waals surface area contributed by atoms with Crippen LogP contribution in [0.2, 0.25) is 0 Å². The summed E-state index contributed by atoms with van der Waals surface area (Å²) in [5.74, 6) is 0. The van der Waals surface area contributed by atoms with E-state index in [1.54, 1.807) is 0 Å². The second-order valence-corrected chi connectivity index (χ2v) is 9.69. The Morgan fingerprint density at radius 2 is 1.24 bits per heavy atom. The first kappa shape index (κ1) is 13.4. The van der Waals surface area contributed by atoms with E-state index in [0.29, 0.717) is 0 Å². The Kier molecular flexibility index (Phi) is 2.26. The number of aromatic nitrogens is 6. The Balaban J connectivity index is 1.87. The van der Waals surface area contributed by atoms with Gasteiger partial charge in [-0.15, -0.1) is 0 Å². The van der Waals surface area contributed by atoms with E-state index < -0.39 is 7.87 Å². The molecule has 2 aliphatic heterocycles. The molecular formula is C18H17N6P+2. The van der Waals surface area contributed by atoms with E-state index in [9.17, 15) is 0 Å². The zero-order valence-corrected chi connectivity index (χ0v) is 15.0. The van der Waals surface area contributed by atoms with Crippen molar-refractivity contribution in [3.05, 3.63) is 72.3 Å². The molecule has 25 heavy (non-hydrogen) atoms. The molecule has 4 aromatic rings. The van der Waals surface area contributed by atoms with Crippen molar-refractivity contribution in [2.45, 2.75) is 13.8 Å². The van der Waals surface area contributed by atoms with Crippen LogP contribution in [0, 0.1) is 13.8 Å². The summed E-state index contributed by atoms with van der Waals surface area (Å²) in [5.41, 5.74) is 6.78. The summed E-state index contributed by atoms with van der Waals surface area (Å²) in [6.45, 7) is 4.11. The maximum absolute atomic E-state index is 4.92. The van der Waals surface area contributed by atoms with Crippen molar-refractivity contribution in [3.8, 4) is 22.8 Å². The third-order valence-corrected chi connectivity index (χ3v) is 9.01. The fourth-order valence-corrected chi connectivity index (χ4v) is 8.68. The van der Waals surface area contributed by atoms with Crippen LogP contribution in [0.5, 0.6) is 0 Å². The monoisotopic (exact) mass is 348 g/mol. The minimum absolute atomic E-state index is 1.03. The van der Waals surface area contributed by atoms with E-state index in [-0.39, 0.29) is 0 Å². The molecule has 1 spiro atoms. The van der Waals surface area contributed by atoms with Gasteiger partial charge in [0.2, 0.25) is 0 Å². The van der Waals surface area contributed by atoms with Gasteiger partial charge in [-0.3, -0.25) is 0 Å². The summed E-state index contributed by atoms with van der Waals surface area (Å²) in [6.07, 6.45) is 4.34. The van der Waals surface area contributed by atoms with Crippen LogP contribution in [0.1, 0.15) is 11.4 Å². The Morgan fingerprint density at radius 1 is 0.760 bits per heavy atom. The molecule has 4 aromatic heterocycles. The molecule has 6 heterocycles. The Bertz CT molecular complexity index is 1090. The predicted octanol–water partition coefficient (Wildman–Crippen LogP) is 2.14. The molecule has 0 bridgehead atoms. The Morgan fingerprint density at radius 3 is 1.72 bits per heavy atom. The number of nitrogens with zero attached hydrogens (tertiary/aromatic N) is 6. The van der Waals surface area contributed by atoms with E-state index in [1.807, 2.05) is 0 Å². The maximum atomic E-state index is 4.92. The second-order valence-electron chi connectivity index (χ2n) is 6.68. The number of fused-ring (bicyclic) bond motifs is 10. The average molecular weight is 348 g/mol. The van der Waals surface area contributed by atoms with E-state index in [1.165, 1.54) is 11.4 Å². The van der Waals surface area contributed by atoms with Gasteiger partial charge in [0.05, 0.1) is 0 Å². The molecule has 0 N–H and O–H groups in total. The molecule has 0 radical (unpaired) electrons. The van der Waals surface area contributed by atoms with Gasteiger partial charge in [0.1, 0.15) is 0 Å². The van der Waals surface area contributed by atoms with Crippen molar-refractivity contribution in [2.24, 2.45) is 0 Å². The zero-order valence-electron chi connectivity index (χ0n) is 14.0. The molecule has 0 saturated carbocycles. The minimum atomic E-state index is -2.67. The molecule has 7 heteroatoms. The first-order valence-corrected chi connectivity index (χ1v) is 10.2. The Hall–Kier alpha value is -2.85. The van der Waals surface area contributed by atoms with Crippen LogP contribution in [0.3, 0.4) is 0 Å². The normalized spacial score (nSPS) is 16.4. The van der Waals surface area contributed by atoms with Gasteiger partial charge in [-0.2, -0.15) is 0 Å². The number of rotatable bonds is 0. The molecule has 0 saturated heterocycles. The molecule has 2 aliphatic rings. The molecule has 0 fully saturated rings. The van der Waals surface area contributed by atoms with Gasteiger partial charge in [0.15, 0.2) is 0 Å². The predicted molar refractivity (Wildman–Crippen MR) is 95.1 cm³/mol. The fourth-order valence-electron chi connectivity index (χ4n) is 4.26. The molecule has 0 atom stereocenters. The standard InChI is InChI=1S/C18H17N6P/c1-13-11-17-15-7-3-5-9-21(15)25(23(17)19-13)22-10-6-4-8-16(22)18-12-14(2)20-24(18)25/h3-12,25H,1-2H3/q+2. The van der Waals surface area contributed by atoms with Gasteiger partial charge >= 0.3 is 145 Å². The second kappa shape index (κ2) is 4.21. The van der Waals surface area contributed by atoms with Crippen molar-refractivity contribution in [3.63, 3.8) is 0 Å². The number of aryl methyl sites for hydroxylation is 2. The third kappa shape index (κ3) is 1.37. The molecule has 122 valence electrons. The number of pyridine rings is 2. The molecule has 0 aromatic carbocycles. The van der Waals surface area contributed by atoms with Crippen LogP contribution >= 0.6 is 7.87 Å². The summed E-state index contributed by atoms with van der Waals surface area (Å²) in [4.78, 5) is 0. The molecule has 0 aliphatic carbocycles. The number of hydrogen-bond donors (Lipinski definition) is 0. The average Bonchev–Trinajstić information content (AvgIpc) is 3.31. The van der Waals surface area contributed by atoms with Gasteiger partial charge in [0, 0.05) is 0 Å². The third-order valence-electron chi connectivity index (χ3n) is 5.12. The van der Waals surface area contributed by atoms with Gasteiger partial charge in [-0.25, -0.2) is 0 Å².